The van der Waals surface area contributed by atoms with E-state index in [2.05, 4.69) is 5.32 Å². The Kier molecular flexibility index (Phi) is 2.18. The van der Waals surface area contributed by atoms with Crippen LogP contribution >= 0.6 is 0 Å². The predicted molar refractivity (Wildman–Crippen MR) is 53.1 cm³/mol. The van der Waals surface area contributed by atoms with Crippen LogP contribution in [0, 0.1) is 0 Å². The van der Waals surface area contributed by atoms with E-state index in [1.807, 2.05) is 25.7 Å². The smallest absolute Gasteiger partial charge is 0.410 e. The first kappa shape index (κ1) is 9.77. The number of hydrogen-bond donors (Lipinski definition) is 1. The van der Waals surface area contributed by atoms with Crippen molar-refractivity contribution in [3.63, 3.8) is 0 Å². The van der Waals surface area contributed by atoms with Crippen LogP contribution in [0.4, 0.5) is 4.79 Å². The van der Waals surface area contributed by atoms with Crippen molar-refractivity contribution in [3.8, 4) is 0 Å². The second-order valence-corrected chi connectivity index (χ2v) is 5.02. The van der Waals surface area contributed by atoms with Crippen LogP contribution in [0.25, 0.3) is 0 Å². The molecule has 0 aromatic rings. The molecule has 4 nitrogen and oxygen atoms in total. The molecule has 0 aliphatic carbocycles. The first-order valence-corrected chi connectivity index (χ1v) is 5.21. The van der Waals surface area contributed by atoms with E-state index in [4.69, 9.17) is 4.74 Å². The van der Waals surface area contributed by atoms with Gasteiger partial charge in [0.05, 0.1) is 6.04 Å². The Hall–Kier alpha value is -0.770. The summed E-state index contributed by atoms with van der Waals surface area (Å²) in [7, 11) is 0. The van der Waals surface area contributed by atoms with Crippen molar-refractivity contribution in [2.24, 2.45) is 0 Å². The Balaban J connectivity index is 2.20. The third-order valence-electron chi connectivity index (χ3n) is 2.89. The molecule has 4 heteroatoms. The lowest BCUT2D eigenvalue weighted by Crippen LogP contribution is -2.54. The average Bonchev–Trinajstić information content (AvgIpc) is 2.38. The minimum Gasteiger partial charge on any atom is -0.444 e. The second-order valence-electron chi connectivity index (χ2n) is 5.02. The summed E-state index contributed by atoms with van der Waals surface area (Å²) in [5.74, 6) is 0. The molecule has 0 radical (unpaired) electrons. The lowest BCUT2D eigenvalue weighted by Gasteiger charge is -2.37. The fraction of sp³-hybridized carbons (Fsp3) is 0.900. The third-order valence-corrected chi connectivity index (χ3v) is 2.89. The molecule has 0 saturated carbocycles. The molecule has 2 aliphatic heterocycles. The SMILES string of the molecule is CC(C)(C)N1C(=O)OC2CCNCC21. The number of fused-ring (bicyclic) bond motifs is 1. The van der Waals surface area contributed by atoms with Crippen LogP contribution in [0.1, 0.15) is 27.2 Å². The van der Waals surface area contributed by atoms with E-state index in [1.165, 1.54) is 0 Å². The maximum Gasteiger partial charge on any atom is 0.410 e. The number of nitrogens with zero attached hydrogens (tertiary/aromatic N) is 1. The molecule has 2 saturated heterocycles. The number of ether oxygens (including phenoxy) is 1. The van der Waals surface area contributed by atoms with Gasteiger partial charge in [-0.15, -0.1) is 0 Å². The zero-order valence-corrected chi connectivity index (χ0v) is 9.04. The maximum atomic E-state index is 11.7. The molecule has 2 fully saturated rings. The topological polar surface area (TPSA) is 41.6 Å². The van der Waals surface area contributed by atoms with Crippen LogP contribution in [0.15, 0.2) is 0 Å². The lowest BCUT2D eigenvalue weighted by molar-refractivity contribution is 0.117. The molecule has 2 aliphatic rings. The van der Waals surface area contributed by atoms with Gasteiger partial charge in [-0.25, -0.2) is 4.79 Å². The van der Waals surface area contributed by atoms with E-state index in [0.717, 1.165) is 19.5 Å². The lowest BCUT2D eigenvalue weighted by atomic mass is 9.98. The van der Waals surface area contributed by atoms with E-state index in [9.17, 15) is 4.79 Å². The van der Waals surface area contributed by atoms with E-state index in [-0.39, 0.29) is 23.8 Å². The number of carbonyl (C=O) groups excluding carboxylic acids is 1. The van der Waals surface area contributed by atoms with Crippen molar-refractivity contribution in [1.29, 1.82) is 0 Å². The average molecular weight is 198 g/mol. The van der Waals surface area contributed by atoms with Gasteiger partial charge in [0, 0.05) is 12.1 Å². The summed E-state index contributed by atoms with van der Waals surface area (Å²) in [5.41, 5.74) is -0.143. The summed E-state index contributed by atoms with van der Waals surface area (Å²) in [6, 6.07) is 0.219. The summed E-state index contributed by atoms with van der Waals surface area (Å²) in [5, 5.41) is 3.30. The van der Waals surface area contributed by atoms with E-state index in [0.29, 0.717) is 0 Å². The summed E-state index contributed by atoms with van der Waals surface area (Å²) in [4.78, 5) is 13.5. The standard InChI is InChI=1S/C10H18N2O2/c1-10(2,3)12-7-6-11-5-4-8(7)14-9(12)13/h7-8,11H,4-6H2,1-3H3. The summed E-state index contributed by atoms with van der Waals surface area (Å²) in [6.45, 7) is 7.95. The molecule has 0 aromatic carbocycles. The highest BCUT2D eigenvalue weighted by Crippen LogP contribution is 2.30. The second kappa shape index (κ2) is 3.12. The molecule has 1 amide bonds. The van der Waals surface area contributed by atoms with Crippen LogP contribution in [0.2, 0.25) is 0 Å². The van der Waals surface area contributed by atoms with Gasteiger partial charge in [-0.1, -0.05) is 0 Å². The van der Waals surface area contributed by atoms with Crippen LogP contribution < -0.4 is 5.32 Å². The first-order valence-electron chi connectivity index (χ1n) is 5.21. The molecule has 2 unspecified atom stereocenters. The molecule has 1 N–H and O–H groups in total. The van der Waals surface area contributed by atoms with Gasteiger partial charge >= 0.3 is 6.09 Å². The molecule has 2 heterocycles. The largest absolute Gasteiger partial charge is 0.444 e. The maximum absolute atomic E-state index is 11.7. The Morgan fingerprint density at radius 2 is 2.21 bits per heavy atom. The van der Waals surface area contributed by atoms with Crippen molar-refractivity contribution in [2.45, 2.75) is 44.9 Å². The molecular formula is C10H18N2O2. The molecule has 2 atom stereocenters. The normalized spacial score (nSPS) is 32.8. The van der Waals surface area contributed by atoms with E-state index >= 15 is 0 Å². The Morgan fingerprint density at radius 3 is 2.86 bits per heavy atom. The molecule has 2 rings (SSSR count). The van der Waals surface area contributed by atoms with Gasteiger partial charge in [0.15, 0.2) is 0 Å². The van der Waals surface area contributed by atoms with E-state index < -0.39 is 0 Å². The molecule has 14 heavy (non-hydrogen) atoms. The number of nitrogens with one attached hydrogen (secondary N) is 1. The zero-order valence-electron chi connectivity index (χ0n) is 9.04. The fourth-order valence-corrected chi connectivity index (χ4v) is 2.31. The third kappa shape index (κ3) is 1.47. The quantitative estimate of drug-likeness (QED) is 0.630. The molecular weight excluding hydrogens is 180 g/mol. The van der Waals surface area contributed by atoms with Crippen LogP contribution in [-0.4, -0.2) is 41.8 Å². The Bertz CT molecular complexity index is 247. The molecule has 0 spiro atoms. The fourth-order valence-electron chi connectivity index (χ4n) is 2.31. The van der Waals surface area contributed by atoms with Crippen molar-refractivity contribution in [2.75, 3.05) is 13.1 Å². The first-order chi connectivity index (χ1) is 6.50. The highest BCUT2D eigenvalue weighted by molar-refractivity contribution is 5.71. The van der Waals surface area contributed by atoms with Gasteiger partial charge in [0.25, 0.3) is 0 Å². The predicted octanol–water partition coefficient (Wildman–Crippen LogP) is 0.968. The van der Waals surface area contributed by atoms with Crippen molar-refractivity contribution in [3.05, 3.63) is 0 Å². The van der Waals surface area contributed by atoms with Gasteiger partial charge < -0.3 is 10.1 Å². The number of piperidine rings is 1. The molecule has 0 aromatic heterocycles. The monoisotopic (exact) mass is 198 g/mol. The summed E-state index contributed by atoms with van der Waals surface area (Å²) < 4.78 is 5.35. The van der Waals surface area contributed by atoms with Gasteiger partial charge in [-0.05, 0) is 33.7 Å². The highest BCUT2D eigenvalue weighted by Gasteiger charge is 2.47. The van der Waals surface area contributed by atoms with Gasteiger partial charge in [-0.3, -0.25) is 4.90 Å². The summed E-state index contributed by atoms with van der Waals surface area (Å²) >= 11 is 0. The number of carbonyl (C=O) groups is 1. The van der Waals surface area contributed by atoms with Gasteiger partial charge in [-0.2, -0.15) is 0 Å². The van der Waals surface area contributed by atoms with Crippen LogP contribution in [0.5, 0.6) is 0 Å². The molecule has 80 valence electrons. The van der Waals surface area contributed by atoms with Gasteiger partial charge in [0.1, 0.15) is 6.10 Å². The Labute approximate surface area is 84.6 Å². The molecule has 0 bridgehead atoms. The zero-order chi connectivity index (χ0) is 10.3. The Morgan fingerprint density at radius 1 is 1.50 bits per heavy atom. The van der Waals surface area contributed by atoms with Gasteiger partial charge in [0.2, 0.25) is 0 Å². The number of amides is 1. The van der Waals surface area contributed by atoms with Crippen LogP contribution in [0.3, 0.4) is 0 Å². The highest BCUT2D eigenvalue weighted by atomic mass is 16.6. The van der Waals surface area contributed by atoms with Crippen molar-refractivity contribution in [1.82, 2.24) is 10.2 Å². The van der Waals surface area contributed by atoms with Crippen molar-refractivity contribution < 1.29 is 9.53 Å². The minimum atomic E-state index is -0.156. The number of hydrogen-bond acceptors (Lipinski definition) is 3. The number of rotatable bonds is 0. The van der Waals surface area contributed by atoms with Crippen LogP contribution in [-0.2, 0) is 4.74 Å². The van der Waals surface area contributed by atoms with E-state index in [1.54, 1.807) is 0 Å². The summed E-state index contributed by atoms with van der Waals surface area (Å²) in [6.07, 6.45) is 0.877. The van der Waals surface area contributed by atoms with Crippen molar-refractivity contribution >= 4 is 6.09 Å². The minimum absolute atomic E-state index is 0.1000.